The van der Waals surface area contributed by atoms with Gasteiger partial charge in [-0.05, 0) is 56.6 Å². The molecule has 1 saturated carbocycles. The molecule has 1 aliphatic carbocycles. The molecule has 0 radical (unpaired) electrons. The summed E-state index contributed by atoms with van der Waals surface area (Å²) in [4.78, 5) is 39.4. The minimum Gasteiger partial charge on any atom is -0.507 e. The maximum Gasteiger partial charge on any atom is 0.410 e. The fourth-order valence-electron chi connectivity index (χ4n) is 4.98. The van der Waals surface area contributed by atoms with Crippen LogP contribution in [0.1, 0.15) is 103 Å². The van der Waals surface area contributed by atoms with Gasteiger partial charge in [0.25, 0.3) is 0 Å². The first kappa shape index (κ1) is 29.7. The molecule has 0 bridgehead atoms. The highest BCUT2D eigenvalue weighted by atomic mass is 32.1. The Morgan fingerprint density at radius 3 is 2.55 bits per heavy atom. The van der Waals surface area contributed by atoms with Crippen LogP contribution in [0.15, 0.2) is 39.7 Å². The normalized spacial score (nSPS) is 15.9. The van der Waals surface area contributed by atoms with Gasteiger partial charge in [0.05, 0.1) is 7.11 Å². The van der Waals surface area contributed by atoms with Crippen molar-refractivity contribution in [3.05, 3.63) is 62.0 Å². The van der Waals surface area contributed by atoms with E-state index in [4.69, 9.17) is 4.42 Å². The molecule has 0 saturated heterocycles. The first-order chi connectivity index (χ1) is 18.3. The molecule has 2 aromatic rings. The Kier molecular flexibility index (Phi) is 11.6. The van der Waals surface area contributed by atoms with Crippen molar-refractivity contribution < 1.29 is 23.8 Å². The smallest absolute Gasteiger partial charge is 0.410 e. The van der Waals surface area contributed by atoms with Gasteiger partial charge in [0.2, 0.25) is 0 Å². The Morgan fingerprint density at radius 2 is 1.87 bits per heavy atom. The summed E-state index contributed by atoms with van der Waals surface area (Å²) in [5, 5.41) is 13.0. The molecule has 2 unspecified atom stereocenters. The molecular weight excluding hydrogens is 502 g/mol. The SMILES string of the molecule is COC(=O)N/C=C/CCC(C)c1cc(O)c(C(=O)C(C)CCc2ccc(CCC3CCCCC3)s2)c(=O)o1. The third-order valence-electron chi connectivity index (χ3n) is 7.47. The molecule has 2 atom stereocenters. The first-order valence-electron chi connectivity index (χ1n) is 13.8. The van der Waals surface area contributed by atoms with Crippen molar-refractivity contribution in [2.24, 2.45) is 11.8 Å². The molecule has 0 spiro atoms. The number of Topliss-reactive ketones (excluding diaryl/α,β-unsaturated/α-hetero) is 1. The molecule has 0 aliphatic heterocycles. The van der Waals surface area contributed by atoms with E-state index < -0.39 is 17.6 Å². The second-order valence-corrected chi connectivity index (χ2v) is 11.7. The van der Waals surface area contributed by atoms with Gasteiger partial charge in [-0.15, -0.1) is 11.3 Å². The molecule has 0 aromatic carbocycles. The van der Waals surface area contributed by atoms with Crippen molar-refractivity contribution in [2.45, 2.75) is 90.4 Å². The first-order valence-corrected chi connectivity index (χ1v) is 14.6. The molecule has 7 nitrogen and oxygen atoms in total. The van der Waals surface area contributed by atoms with Gasteiger partial charge in [-0.25, -0.2) is 9.59 Å². The summed E-state index contributed by atoms with van der Waals surface area (Å²) in [6, 6.07) is 5.74. The average Bonchev–Trinajstić information content (AvgIpc) is 3.38. The van der Waals surface area contributed by atoms with Crippen molar-refractivity contribution in [2.75, 3.05) is 7.11 Å². The Labute approximate surface area is 229 Å². The maximum absolute atomic E-state index is 13.0. The Balaban J connectivity index is 1.50. The second-order valence-electron chi connectivity index (χ2n) is 10.4. The summed E-state index contributed by atoms with van der Waals surface area (Å²) in [5.74, 6) is -0.0973. The van der Waals surface area contributed by atoms with Crippen molar-refractivity contribution in [1.82, 2.24) is 5.32 Å². The minimum absolute atomic E-state index is 0.163. The lowest BCUT2D eigenvalue weighted by molar-refractivity contribution is 0.0916. The summed E-state index contributed by atoms with van der Waals surface area (Å²) in [6.45, 7) is 3.66. The highest BCUT2D eigenvalue weighted by Crippen LogP contribution is 2.30. The zero-order valence-electron chi connectivity index (χ0n) is 22.8. The highest BCUT2D eigenvalue weighted by Gasteiger charge is 2.25. The number of nitrogens with one attached hydrogen (secondary N) is 1. The molecule has 3 rings (SSSR count). The standard InChI is InChI=1S/C30H41NO6S/c1-20(9-7-8-18-31-30(35)36-3)26-19-25(32)27(29(34)37-26)28(33)21(2)12-14-23-16-17-24(38-23)15-13-22-10-5-4-6-11-22/h8,16-22,32H,4-7,9-15H2,1-3H3,(H,31,35)/b18-8+. The fraction of sp³-hybridized carbons (Fsp3) is 0.567. The lowest BCUT2D eigenvalue weighted by Gasteiger charge is -2.20. The largest absolute Gasteiger partial charge is 0.507 e. The Hall–Kier alpha value is -2.87. The number of alkyl carbamates (subject to hydrolysis) is 1. The Morgan fingerprint density at radius 1 is 1.16 bits per heavy atom. The monoisotopic (exact) mass is 543 g/mol. The maximum atomic E-state index is 13.0. The number of ether oxygens (including phenoxy) is 1. The van der Waals surface area contributed by atoms with E-state index in [1.807, 2.05) is 18.3 Å². The van der Waals surface area contributed by atoms with Gasteiger partial charge in [-0.1, -0.05) is 52.0 Å². The van der Waals surface area contributed by atoms with Crippen LogP contribution in [-0.2, 0) is 17.6 Å². The predicted octanol–water partition coefficient (Wildman–Crippen LogP) is 7.12. The van der Waals surface area contributed by atoms with E-state index >= 15 is 0 Å². The van der Waals surface area contributed by atoms with Crippen molar-refractivity contribution >= 4 is 23.2 Å². The van der Waals surface area contributed by atoms with Crippen LogP contribution in [0.25, 0.3) is 0 Å². The second kappa shape index (κ2) is 14.9. The summed E-state index contributed by atoms with van der Waals surface area (Å²) in [7, 11) is 1.28. The lowest BCUT2D eigenvalue weighted by atomic mass is 9.86. The van der Waals surface area contributed by atoms with Crippen molar-refractivity contribution in [1.29, 1.82) is 0 Å². The van der Waals surface area contributed by atoms with Crippen LogP contribution >= 0.6 is 11.3 Å². The predicted molar refractivity (Wildman–Crippen MR) is 150 cm³/mol. The third kappa shape index (κ3) is 8.86. The van der Waals surface area contributed by atoms with Crippen LogP contribution in [0.3, 0.4) is 0 Å². The van der Waals surface area contributed by atoms with E-state index in [0.29, 0.717) is 25.0 Å². The third-order valence-corrected chi connectivity index (χ3v) is 8.67. The lowest BCUT2D eigenvalue weighted by Crippen LogP contribution is -2.21. The number of thiophene rings is 1. The zero-order chi connectivity index (χ0) is 27.5. The van der Waals surface area contributed by atoms with Gasteiger partial charge in [0, 0.05) is 33.9 Å². The number of allylic oxidation sites excluding steroid dienone is 1. The topological polar surface area (TPSA) is 106 Å². The van der Waals surface area contributed by atoms with Gasteiger partial charge in [0.1, 0.15) is 17.1 Å². The number of amides is 1. The fourth-order valence-corrected chi connectivity index (χ4v) is 6.02. The number of ketones is 1. The number of hydrogen-bond acceptors (Lipinski definition) is 7. The van der Waals surface area contributed by atoms with Crippen LogP contribution < -0.4 is 10.9 Å². The van der Waals surface area contributed by atoms with E-state index in [9.17, 15) is 19.5 Å². The molecular formula is C30H41NO6S. The number of carbonyl (C=O) groups is 2. The number of rotatable bonds is 13. The quantitative estimate of drug-likeness (QED) is 0.260. The molecule has 208 valence electrons. The van der Waals surface area contributed by atoms with Crippen LogP contribution in [0, 0.1) is 11.8 Å². The number of methoxy groups -OCH3 is 1. The van der Waals surface area contributed by atoms with Gasteiger partial charge in [0.15, 0.2) is 5.78 Å². The van der Waals surface area contributed by atoms with Crippen LogP contribution in [0.5, 0.6) is 5.75 Å². The van der Waals surface area contributed by atoms with E-state index in [1.54, 1.807) is 13.0 Å². The Bertz CT molecular complexity index is 1140. The summed E-state index contributed by atoms with van der Waals surface area (Å²) in [5.41, 5.74) is -1.07. The molecule has 1 aliphatic rings. The van der Waals surface area contributed by atoms with Crippen molar-refractivity contribution in [3.63, 3.8) is 0 Å². The summed E-state index contributed by atoms with van der Waals surface area (Å²) >= 11 is 1.82. The number of carbonyl (C=O) groups excluding carboxylic acids is 2. The average molecular weight is 544 g/mol. The molecule has 2 heterocycles. The highest BCUT2D eigenvalue weighted by molar-refractivity contribution is 7.11. The molecule has 38 heavy (non-hydrogen) atoms. The van der Waals surface area contributed by atoms with E-state index in [-0.39, 0.29) is 23.0 Å². The van der Waals surface area contributed by atoms with E-state index in [2.05, 4.69) is 22.2 Å². The molecule has 1 amide bonds. The van der Waals surface area contributed by atoms with E-state index in [0.717, 1.165) is 18.8 Å². The van der Waals surface area contributed by atoms with Crippen LogP contribution in [-0.4, -0.2) is 24.1 Å². The minimum atomic E-state index is -0.798. The molecule has 1 fully saturated rings. The molecule has 2 aromatic heterocycles. The molecule has 8 heteroatoms. The van der Waals surface area contributed by atoms with Gasteiger partial charge < -0.3 is 14.3 Å². The van der Waals surface area contributed by atoms with Gasteiger partial charge in [-0.3, -0.25) is 10.1 Å². The zero-order valence-corrected chi connectivity index (χ0v) is 23.6. The number of hydrogen-bond donors (Lipinski definition) is 2. The summed E-state index contributed by atoms with van der Waals surface area (Å²) < 4.78 is 9.91. The van der Waals surface area contributed by atoms with E-state index in [1.165, 1.54) is 67.7 Å². The van der Waals surface area contributed by atoms with Gasteiger partial charge in [-0.2, -0.15) is 0 Å². The van der Waals surface area contributed by atoms with Gasteiger partial charge >= 0.3 is 11.7 Å². The van der Waals surface area contributed by atoms with Crippen molar-refractivity contribution in [3.8, 4) is 5.75 Å². The number of aryl methyl sites for hydroxylation is 2. The van der Waals surface area contributed by atoms with Crippen LogP contribution in [0.4, 0.5) is 4.79 Å². The number of aromatic hydroxyl groups is 1. The summed E-state index contributed by atoms with van der Waals surface area (Å²) in [6.07, 6.45) is 14.6. The van der Waals surface area contributed by atoms with Crippen LogP contribution in [0.2, 0.25) is 0 Å². The molecule has 2 N–H and O–H groups in total.